The van der Waals surface area contributed by atoms with Crippen molar-refractivity contribution in [1.82, 2.24) is 14.9 Å². The van der Waals surface area contributed by atoms with E-state index < -0.39 is 16.1 Å². The Bertz CT molecular complexity index is 598. The van der Waals surface area contributed by atoms with E-state index >= 15 is 0 Å². The van der Waals surface area contributed by atoms with Gasteiger partial charge in [-0.2, -0.15) is 0 Å². The van der Waals surface area contributed by atoms with Crippen LogP contribution in [0.4, 0.5) is 0 Å². The molecule has 0 radical (unpaired) electrons. The Morgan fingerprint density at radius 3 is 2.43 bits per heavy atom. The van der Waals surface area contributed by atoms with Crippen LogP contribution in [0.25, 0.3) is 0 Å². The highest BCUT2D eigenvalue weighted by Crippen LogP contribution is 2.18. The summed E-state index contributed by atoms with van der Waals surface area (Å²) in [7, 11) is -3.20. The topological polar surface area (TPSA) is 78.5 Å². The van der Waals surface area contributed by atoms with Crippen molar-refractivity contribution in [2.75, 3.05) is 31.9 Å². The van der Waals surface area contributed by atoms with Gasteiger partial charge in [-0.3, -0.25) is 4.79 Å². The van der Waals surface area contributed by atoms with Crippen LogP contribution in [0.3, 0.4) is 0 Å². The third kappa shape index (κ3) is 5.30. The molecule has 0 bridgehead atoms. The summed E-state index contributed by atoms with van der Waals surface area (Å²) in [4.78, 5) is 14.6. The van der Waals surface area contributed by atoms with Crippen LogP contribution in [0.5, 0.6) is 0 Å². The first-order valence-corrected chi connectivity index (χ1v) is 9.73. The summed E-state index contributed by atoms with van der Waals surface area (Å²) >= 11 is 0. The molecule has 128 valence electrons. The van der Waals surface area contributed by atoms with Gasteiger partial charge in [0.1, 0.15) is 6.04 Å². The standard InChI is InChI=1S/C16H25N3O3S/c1-2-23(21,22)18-11-10-17-15(14-8-4-3-5-9-14)16(20)19-12-6-7-13-19/h3-5,8-9,15,17-18H,2,6-7,10-13H2,1H3/t15-/m1/s1. The minimum atomic E-state index is -3.20. The van der Waals surface area contributed by atoms with E-state index in [0.29, 0.717) is 6.54 Å². The predicted octanol–water partition coefficient (Wildman–Crippen LogP) is 0.879. The highest BCUT2D eigenvalue weighted by molar-refractivity contribution is 7.89. The second-order valence-corrected chi connectivity index (χ2v) is 7.72. The molecule has 2 N–H and O–H groups in total. The molecule has 1 atom stereocenters. The predicted molar refractivity (Wildman–Crippen MR) is 90.5 cm³/mol. The molecule has 1 amide bonds. The van der Waals surface area contributed by atoms with Gasteiger partial charge in [-0.05, 0) is 25.3 Å². The van der Waals surface area contributed by atoms with Crippen molar-refractivity contribution in [3.05, 3.63) is 35.9 Å². The maximum absolute atomic E-state index is 12.7. The van der Waals surface area contributed by atoms with Crippen molar-refractivity contribution in [2.45, 2.75) is 25.8 Å². The molecule has 2 rings (SSSR count). The average Bonchev–Trinajstić information content (AvgIpc) is 3.09. The SMILES string of the molecule is CCS(=O)(=O)NCCN[C@@H](C(=O)N1CCCC1)c1ccccc1. The van der Waals surface area contributed by atoms with Gasteiger partial charge in [0.05, 0.1) is 5.75 Å². The van der Waals surface area contributed by atoms with Crippen molar-refractivity contribution >= 4 is 15.9 Å². The number of hydrogen-bond donors (Lipinski definition) is 2. The van der Waals surface area contributed by atoms with Crippen LogP contribution in [0, 0.1) is 0 Å². The zero-order valence-electron chi connectivity index (χ0n) is 13.5. The number of sulfonamides is 1. The monoisotopic (exact) mass is 339 g/mol. The molecule has 1 heterocycles. The average molecular weight is 339 g/mol. The van der Waals surface area contributed by atoms with Gasteiger partial charge in [-0.25, -0.2) is 13.1 Å². The van der Waals surface area contributed by atoms with Gasteiger partial charge in [0, 0.05) is 26.2 Å². The first-order chi connectivity index (χ1) is 11.0. The Balaban J connectivity index is 1.98. The third-order valence-electron chi connectivity index (χ3n) is 3.97. The van der Waals surface area contributed by atoms with Gasteiger partial charge in [-0.1, -0.05) is 30.3 Å². The van der Waals surface area contributed by atoms with E-state index in [1.54, 1.807) is 6.92 Å². The molecule has 1 aromatic rings. The van der Waals surface area contributed by atoms with Gasteiger partial charge in [0.15, 0.2) is 0 Å². The van der Waals surface area contributed by atoms with E-state index in [9.17, 15) is 13.2 Å². The van der Waals surface area contributed by atoms with Gasteiger partial charge in [-0.15, -0.1) is 0 Å². The molecule has 0 aliphatic carbocycles. The Kier molecular flexibility index (Phi) is 6.56. The summed E-state index contributed by atoms with van der Waals surface area (Å²) < 4.78 is 25.4. The third-order valence-corrected chi connectivity index (χ3v) is 5.38. The normalized spacial score (nSPS) is 16.5. The molecule has 0 saturated carbocycles. The summed E-state index contributed by atoms with van der Waals surface area (Å²) in [5.74, 6) is 0.119. The fourth-order valence-electron chi connectivity index (χ4n) is 2.64. The molecule has 1 saturated heterocycles. The lowest BCUT2D eigenvalue weighted by Gasteiger charge is -2.24. The van der Waals surface area contributed by atoms with Crippen molar-refractivity contribution in [3.8, 4) is 0 Å². The number of rotatable bonds is 8. The fourth-order valence-corrected chi connectivity index (χ4v) is 3.26. The van der Waals surface area contributed by atoms with Crippen LogP contribution < -0.4 is 10.0 Å². The van der Waals surface area contributed by atoms with Crippen molar-refractivity contribution in [3.63, 3.8) is 0 Å². The van der Waals surface area contributed by atoms with Gasteiger partial charge in [0.25, 0.3) is 0 Å². The molecular weight excluding hydrogens is 314 g/mol. The van der Waals surface area contributed by atoms with Crippen LogP contribution in [-0.4, -0.2) is 51.2 Å². The number of benzene rings is 1. The molecule has 1 aromatic carbocycles. The van der Waals surface area contributed by atoms with E-state index in [4.69, 9.17) is 0 Å². The van der Waals surface area contributed by atoms with Crippen LogP contribution in [-0.2, 0) is 14.8 Å². The molecule has 7 heteroatoms. The Morgan fingerprint density at radius 1 is 1.17 bits per heavy atom. The fraction of sp³-hybridized carbons (Fsp3) is 0.562. The number of likely N-dealkylation sites (tertiary alicyclic amines) is 1. The zero-order valence-corrected chi connectivity index (χ0v) is 14.3. The lowest BCUT2D eigenvalue weighted by atomic mass is 10.1. The first-order valence-electron chi connectivity index (χ1n) is 8.08. The quantitative estimate of drug-likeness (QED) is 0.689. The Hall–Kier alpha value is -1.44. The lowest BCUT2D eigenvalue weighted by Crippen LogP contribution is -2.42. The maximum Gasteiger partial charge on any atom is 0.244 e. The number of nitrogens with one attached hydrogen (secondary N) is 2. The molecule has 6 nitrogen and oxygen atoms in total. The molecular formula is C16H25N3O3S. The molecule has 1 aliphatic rings. The van der Waals surface area contributed by atoms with E-state index in [1.807, 2.05) is 35.2 Å². The molecule has 1 aliphatic heterocycles. The number of nitrogens with zero attached hydrogens (tertiary/aromatic N) is 1. The van der Waals surface area contributed by atoms with E-state index in [2.05, 4.69) is 10.0 Å². The second-order valence-electron chi connectivity index (χ2n) is 5.63. The molecule has 23 heavy (non-hydrogen) atoms. The first kappa shape index (κ1) is 17.9. The van der Waals surface area contributed by atoms with Crippen LogP contribution in [0.1, 0.15) is 31.4 Å². The Morgan fingerprint density at radius 2 is 1.83 bits per heavy atom. The molecule has 0 aromatic heterocycles. The molecule has 1 fully saturated rings. The van der Waals surface area contributed by atoms with E-state index in [-0.39, 0.29) is 18.2 Å². The number of carbonyl (C=O) groups is 1. The summed E-state index contributed by atoms with van der Waals surface area (Å²) in [6, 6.07) is 9.13. The Labute approximate surface area is 138 Å². The van der Waals surface area contributed by atoms with E-state index in [1.165, 1.54) is 0 Å². The minimum absolute atomic E-state index is 0.0574. The second kappa shape index (κ2) is 8.42. The highest BCUT2D eigenvalue weighted by Gasteiger charge is 2.27. The smallest absolute Gasteiger partial charge is 0.244 e. The van der Waals surface area contributed by atoms with Crippen LogP contribution in [0.2, 0.25) is 0 Å². The zero-order chi connectivity index (χ0) is 16.7. The van der Waals surface area contributed by atoms with Crippen LogP contribution >= 0.6 is 0 Å². The largest absolute Gasteiger partial charge is 0.341 e. The number of hydrogen-bond acceptors (Lipinski definition) is 4. The van der Waals surface area contributed by atoms with E-state index in [0.717, 1.165) is 31.5 Å². The summed E-state index contributed by atoms with van der Waals surface area (Å²) in [6.45, 7) is 3.86. The maximum atomic E-state index is 12.7. The molecule has 0 unspecified atom stereocenters. The minimum Gasteiger partial charge on any atom is -0.341 e. The lowest BCUT2D eigenvalue weighted by molar-refractivity contribution is -0.132. The van der Waals surface area contributed by atoms with Crippen molar-refractivity contribution < 1.29 is 13.2 Å². The van der Waals surface area contributed by atoms with Gasteiger partial charge in [0.2, 0.25) is 15.9 Å². The van der Waals surface area contributed by atoms with Crippen molar-refractivity contribution in [2.24, 2.45) is 0 Å². The number of amides is 1. The summed E-state index contributed by atoms with van der Waals surface area (Å²) in [6.07, 6.45) is 2.09. The van der Waals surface area contributed by atoms with Crippen molar-refractivity contribution in [1.29, 1.82) is 0 Å². The summed E-state index contributed by atoms with van der Waals surface area (Å²) in [5.41, 5.74) is 0.905. The summed E-state index contributed by atoms with van der Waals surface area (Å²) in [5, 5.41) is 3.19. The number of carbonyl (C=O) groups excluding carboxylic acids is 1. The van der Waals surface area contributed by atoms with Gasteiger partial charge >= 0.3 is 0 Å². The molecule has 0 spiro atoms. The van der Waals surface area contributed by atoms with Crippen LogP contribution in [0.15, 0.2) is 30.3 Å². The van der Waals surface area contributed by atoms with Gasteiger partial charge < -0.3 is 10.2 Å². The highest BCUT2D eigenvalue weighted by atomic mass is 32.2.